The molecule has 3 aliphatic rings. The summed E-state index contributed by atoms with van der Waals surface area (Å²) >= 11 is 0. The molecular weight excluding hydrogens is 438 g/mol. The fourth-order valence-electron chi connectivity index (χ4n) is 5.33. The van der Waals surface area contributed by atoms with Crippen molar-refractivity contribution >= 4 is 23.9 Å². The van der Waals surface area contributed by atoms with E-state index in [-0.39, 0.29) is 18.9 Å². The minimum atomic E-state index is -1.24. The first-order valence-corrected chi connectivity index (χ1v) is 11.4. The highest BCUT2D eigenvalue weighted by Gasteiger charge is 2.45. The van der Waals surface area contributed by atoms with Gasteiger partial charge in [0.2, 0.25) is 11.8 Å². The molecule has 0 spiro atoms. The molecule has 3 N–H and O–H groups in total. The Morgan fingerprint density at radius 2 is 1.68 bits per heavy atom. The highest BCUT2D eigenvalue weighted by atomic mass is 16.5. The number of hydrazine groups is 1. The van der Waals surface area contributed by atoms with Crippen LogP contribution in [-0.4, -0.2) is 52.7 Å². The van der Waals surface area contributed by atoms with Crippen LogP contribution in [0.1, 0.15) is 42.7 Å². The van der Waals surface area contributed by atoms with Gasteiger partial charge in [0.25, 0.3) is 0 Å². The molecule has 3 atom stereocenters. The summed E-state index contributed by atoms with van der Waals surface area (Å²) in [7, 11) is 0. The van der Waals surface area contributed by atoms with Crippen molar-refractivity contribution in [3.05, 3.63) is 59.7 Å². The number of hydrogen-bond donors (Lipinski definition) is 3. The first kappa shape index (κ1) is 21.9. The van der Waals surface area contributed by atoms with Crippen LogP contribution < -0.4 is 10.7 Å². The zero-order valence-electron chi connectivity index (χ0n) is 18.4. The van der Waals surface area contributed by atoms with Crippen molar-refractivity contribution in [3.8, 4) is 11.1 Å². The maximum Gasteiger partial charge on any atom is 0.407 e. The van der Waals surface area contributed by atoms with Gasteiger partial charge in [0.15, 0.2) is 6.04 Å². The predicted molar refractivity (Wildman–Crippen MR) is 120 cm³/mol. The minimum Gasteiger partial charge on any atom is -0.480 e. The highest BCUT2D eigenvalue weighted by molar-refractivity contribution is 5.94. The average Bonchev–Trinajstić information content (AvgIpc) is 3.53. The summed E-state index contributed by atoms with van der Waals surface area (Å²) in [5.74, 6) is -2.96. The van der Waals surface area contributed by atoms with Gasteiger partial charge in [0.1, 0.15) is 6.61 Å². The van der Waals surface area contributed by atoms with Crippen molar-refractivity contribution in [1.82, 2.24) is 15.8 Å². The van der Waals surface area contributed by atoms with Gasteiger partial charge in [-0.1, -0.05) is 55.0 Å². The number of hydrogen-bond acceptors (Lipinski definition) is 5. The Kier molecular flexibility index (Phi) is 5.69. The number of carbonyl (C=O) groups excluding carboxylic acids is 3. The molecule has 2 aromatic carbocycles. The second kappa shape index (κ2) is 8.81. The SMILES string of the molecule is O=C1CC(C(=O)O)N(C(=O)[C@H]2CCC[C@H]2NC(=O)OCC2c3ccccc3-c3ccccc32)N1. The molecule has 0 radical (unpaired) electrons. The van der Waals surface area contributed by atoms with E-state index in [1.54, 1.807) is 0 Å². The number of aliphatic carboxylic acids is 1. The standard InChI is InChI=1S/C25H25N3O6/c29-22-12-21(24(31)32)28(27-22)23(30)18-10-5-11-20(18)26-25(33)34-13-19-16-8-3-1-6-14(16)15-7-2-4-9-17(15)19/h1-4,6-9,18-21H,5,10-13H2,(H,26,33)(H,27,29)(H,31,32)/t18-,20+,21?/m0/s1. The van der Waals surface area contributed by atoms with Gasteiger partial charge in [0, 0.05) is 12.0 Å². The Labute approximate surface area is 196 Å². The van der Waals surface area contributed by atoms with E-state index in [9.17, 15) is 24.3 Å². The second-order valence-corrected chi connectivity index (χ2v) is 8.92. The van der Waals surface area contributed by atoms with E-state index in [0.717, 1.165) is 27.3 Å². The van der Waals surface area contributed by atoms with Crippen LogP contribution in [0.2, 0.25) is 0 Å². The Morgan fingerprint density at radius 1 is 1.03 bits per heavy atom. The Hall–Kier alpha value is -3.88. The molecule has 0 aromatic heterocycles. The molecule has 1 unspecified atom stereocenters. The molecule has 1 heterocycles. The van der Waals surface area contributed by atoms with Crippen LogP contribution in [0.4, 0.5) is 4.79 Å². The number of ether oxygens (including phenoxy) is 1. The summed E-state index contributed by atoms with van der Waals surface area (Å²) in [6.45, 7) is 0.161. The van der Waals surface area contributed by atoms with Gasteiger partial charge >= 0.3 is 12.1 Å². The lowest BCUT2D eigenvalue weighted by Gasteiger charge is -2.27. The third-order valence-corrected chi connectivity index (χ3v) is 6.94. The van der Waals surface area contributed by atoms with Gasteiger partial charge < -0.3 is 15.2 Å². The van der Waals surface area contributed by atoms with E-state index in [2.05, 4.69) is 22.9 Å². The number of carboxylic acids is 1. The molecule has 9 nitrogen and oxygen atoms in total. The number of nitrogens with zero attached hydrogens (tertiary/aromatic N) is 1. The van der Waals surface area contributed by atoms with E-state index in [1.165, 1.54) is 0 Å². The van der Waals surface area contributed by atoms with E-state index < -0.39 is 41.9 Å². The second-order valence-electron chi connectivity index (χ2n) is 8.92. The lowest BCUT2D eigenvalue weighted by atomic mass is 9.98. The van der Waals surface area contributed by atoms with Gasteiger partial charge in [-0.05, 0) is 35.1 Å². The molecular formula is C25H25N3O6. The van der Waals surface area contributed by atoms with E-state index >= 15 is 0 Å². The highest BCUT2D eigenvalue weighted by Crippen LogP contribution is 2.44. The van der Waals surface area contributed by atoms with E-state index in [4.69, 9.17) is 4.74 Å². The van der Waals surface area contributed by atoms with Gasteiger partial charge in [-0.2, -0.15) is 0 Å². The quantitative estimate of drug-likeness (QED) is 0.625. The molecule has 1 saturated carbocycles. The Balaban J connectivity index is 1.23. The van der Waals surface area contributed by atoms with Crippen molar-refractivity contribution in [2.45, 2.75) is 43.7 Å². The largest absolute Gasteiger partial charge is 0.480 e. The molecule has 2 fully saturated rings. The van der Waals surface area contributed by atoms with Crippen LogP contribution in [-0.2, 0) is 19.1 Å². The number of amides is 3. The van der Waals surface area contributed by atoms with Crippen molar-refractivity contribution in [2.75, 3.05) is 6.61 Å². The summed E-state index contributed by atoms with van der Waals surface area (Å²) in [6, 6.07) is 14.4. The molecule has 9 heteroatoms. The molecule has 2 aromatic rings. The summed E-state index contributed by atoms with van der Waals surface area (Å²) in [4.78, 5) is 48.8. The molecule has 176 valence electrons. The van der Waals surface area contributed by atoms with Crippen LogP contribution >= 0.6 is 0 Å². The molecule has 3 amide bonds. The van der Waals surface area contributed by atoms with Gasteiger partial charge in [-0.3, -0.25) is 15.0 Å². The predicted octanol–water partition coefficient (Wildman–Crippen LogP) is 2.41. The lowest BCUT2D eigenvalue weighted by molar-refractivity contribution is -0.152. The third kappa shape index (κ3) is 3.87. The van der Waals surface area contributed by atoms with E-state index in [1.807, 2.05) is 36.4 Å². The summed E-state index contributed by atoms with van der Waals surface area (Å²) < 4.78 is 5.59. The van der Waals surface area contributed by atoms with Crippen LogP contribution in [0.25, 0.3) is 11.1 Å². The number of fused-ring (bicyclic) bond motifs is 3. The van der Waals surface area contributed by atoms with Crippen LogP contribution in [0.15, 0.2) is 48.5 Å². The number of carboxylic acid groups (broad SMARTS) is 1. The smallest absolute Gasteiger partial charge is 0.407 e. The molecule has 2 aliphatic carbocycles. The van der Waals surface area contributed by atoms with Crippen molar-refractivity contribution < 1.29 is 29.0 Å². The fraction of sp³-hybridized carbons (Fsp3) is 0.360. The van der Waals surface area contributed by atoms with Crippen LogP contribution in [0, 0.1) is 5.92 Å². The molecule has 34 heavy (non-hydrogen) atoms. The maximum absolute atomic E-state index is 13.0. The number of benzene rings is 2. The molecule has 5 rings (SSSR count). The Morgan fingerprint density at radius 3 is 2.32 bits per heavy atom. The number of rotatable bonds is 5. The van der Waals surface area contributed by atoms with Crippen LogP contribution in [0.5, 0.6) is 0 Å². The van der Waals surface area contributed by atoms with Crippen molar-refractivity contribution in [1.29, 1.82) is 0 Å². The normalized spacial score (nSPS) is 23.2. The minimum absolute atomic E-state index is 0.0738. The third-order valence-electron chi connectivity index (χ3n) is 6.94. The summed E-state index contributed by atoms with van der Waals surface area (Å²) in [5.41, 5.74) is 6.82. The van der Waals surface area contributed by atoms with Crippen LogP contribution in [0.3, 0.4) is 0 Å². The molecule has 1 aliphatic heterocycles. The molecule has 1 saturated heterocycles. The van der Waals surface area contributed by atoms with Crippen molar-refractivity contribution in [2.24, 2.45) is 5.92 Å². The van der Waals surface area contributed by atoms with Gasteiger partial charge in [-0.25, -0.2) is 14.6 Å². The van der Waals surface area contributed by atoms with Gasteiger partial charge in [-0.15, -0.1) is 0 Å². The fourth-order valence-corrected chi connectivity index (χ4v) is 5.33. The summed E-state index contributed by atoms with van der Waals surface area (Å²) in [5, 5.41) is 13.0. The van der Waals surface area contributed by atoms with E-state index in [0.29, 0.717) is 19.3 Å². The molecule has 0 bridgehead atoms. The zero-order chi connectivity index (χ0) is 23.8. The first-order chi connectivity index (χ1) is 16.4. The lowest BCUT2D eigenvalue weighted by Crippen LogP contribution is -2.52. The average molecular weight is 463 g/mol. The number of carbonyl (C=O) groups is 4. The Bertz CT molecular complexity index is 1120. The zero-order valence-corrected chi connectivity index (χ0v) is 18.4. The monoisotopic (exact) mass is 463 g/mol. The topological polar surface area (TPSA) is 125 Å². The maximum atomic E-state index is 13.0. The first-order valence-electron chi connectivity index (χ1n) is 11.4. The number of nitrogens with one attached hydrogen (secondary N) is 2. The number of alkyl carbamates (subject to hydrolysis) is 1. The van der Waals surface area contributed by atoms with Crippen molar-refractivity contribution in [3.63, 3.8) is 0 Å². The van der Waals surface area contributed by atoms with Gasteiger partial charge in [0.05, 0.1) is 12.3 Å². The summed E-state index contributed by atoms with van der Waals surface area (Å²) in [6.07, 6.45) is 0.862.